The van der Waals surface area contributed by atoms with Gasteiger partial charge in [-0.2, -0.15) is 0 Å². The minimum atomic E-state index is -0.456. The molecule has 1 N–H and O–H groups in total. The molecule has 5 heteroatoms. The third kappa shape index (κ3) is 2.45. The van der Waals surface area contributed by atoms with E-state index in [1.165, 1.54) is 6.92 Å². The summed E-state index contributed by atoms with van der Waals surface area (Å²) in [6.07, 6.45) is -0.456. The van der Waals surface area contributed by atoms with Crippen LogP contribution in [0, 0.1) is 0 Å². The number of carbonyl (C=O) groups is 2. The molecular weight excluding hydrogens is 150 g/mol. The lowest BCUT2D eigenvalue weighted by Gasteiger charge is -2.05. The molecule has 11 heavy (non-hydrogen) atoms. The highest BCUT2D eigenvalue weighted by molar-refractivity contribution is 5.70. The monoisotopic (exact) mass is 159 g/mol. The lowest BCUT2D eigenvalue weighted by atomic mass is 10.4. The van der Waals surface area contributed by atoms with Crippen LogP contribution in [0.5, 0.6) is 0 Å². The standard InChI is InChI=1S/C6H9NO4/c1-4(8)10-2-5-3-11-6(9)7-5/h5H,2-3H2,1H3,(H,7,9)/t5-/m1/s1. The summed E-state index contributed by atoms with van der Waals surface area (Å²) in [5.41, 5.74) is 0. The van der Waals surface area contributed by atoms with Gasteiger partial charge in [-0.15, -0.1) is 0 Å². The first-order valence-corrected chi connectivity index (χ1v) is 3.25. The van der Waals surface area contributed by atoms with Gasteiger partial charge in [0.1, 0.15) is 19.3 Å². The predicted octanol–water partition coefficient (Wildman–Crippen LogP) is -0.342. The van der Waals surface area contributed by atoms with E-state index in [0.29, 0.717) is 0 Å². The molecule has 1 fully saturated rings. The molecule has 0 aliphatic carbocycles. The Morgan fingerprint density at radius 1 is 1.91 bits per heavy atom. The fourth-order valence-electron chi connectivity index (χ4n) is 0.734. The summed E-state index contributed by atoms with van der Waals surface area (Å²) in [4.78, 5) is 20.7. The molecule has 1 aliphatic rings. The van der Waals surface area contributed by atoms with Gasteiger partial charge in [-0.1, -0.05) is 0 Å². The molecule has 1 heterocycles. The molecule has 0 saturated carbocycles. The third-order valence-electron chi connectivity index (χ3n) is 1.23. The molecule has 5 nitrogen and oxygen atoms in total. The summed E-state index contributed by atoms with van der Waals surface area (Å²) in [6, 6.07) is -0.189. The summed E-state index contributed by atoms with van der Waals surface area (Å²) < 4.78 is 9.20. The Labute approximate surface area is 63.7 Å². The SMILES string of the molecule is CC(=O)OC[C@@H]1COC(=O)N1. The van der Waals surface area contributed by atoms with Crippen LogP contribution in [0.2, 0.25) is 0 Å². The van der Waals surface area contributed by atoms with Gasteiger partial charge < -0.3 is 14.8 Å². The maximum Gasteiger partial charge on any atom is 0.407 e. The summed E-state index contributed by atoms with van der Waals surface area (Å²) in [5.74, 6) is -0.355. The predicted molar refractivity (Wildman–Crippen MR) is 34.9 cm³/mol. The van der Waals surface area contributed by atoms with Crippen molar-refractivity contribution in [1.29, 1.82) is 0 Å². The number of cyclic esters (lactones) is 1. The lowest BCUT2D eigenvalue weighted by Crippen LogP contribution is -2.31. The maximum atomic E-state index is 10.4. The van der Waals surface area contributed by atoms with Crippen molar-refractivity contribution in [3.8, 4) is 0 Å². The number of hydrogen-bond donors (Lipinski definition) is 1. The Bertz CT molecular complexity index is 179. The van der Waals surface area contributed by atoms with Crippen LogP contribution in [-0.4, -0.2) is 31.3 Å². The van der Waals surface area contributed by atoms with E-state index in [1.54, 1.807) is 0 Å². The van der Waals surface area contributed by atoms with Crippen molar-refractivity contribution < 1.29 is 19.1 Å². The van der Waals surface area contributed by atoms with E-state index < -0.39 is 6.09 Å². The van der Waals surface area contributed by atoms with Gasteiger partial charge in [0.2, 0.25) is 0 Å². The van der Waals surface area contributed by atoms with Gasteiger partial charge in [0.15, 0.2) is 0 Å². The Morgan fingerprint density at radius 3 is 3.09 bits per heavy atom. The van der Waals surface area contributed by atoms with E-state index in [-0.39, 0.29) is 25.2 Å². The Balaban J connectivity index is 2.18. The van der Waals surface area contributed by atoms with Crippen molar-refractivity contribution in [1.82, 2.24) is 5.32 Å². The Kier molecular flexibility index (Phi) is 2.30. The number of rotatable bonds is 2. The van der Waals surface area contributed by atoms with E-state index in [1.807, 2.05) is 0 Å². The van der Waals surface area contributed by atoms with Crippen molar-refractivity contribution in [3.63, 3.8) is 0 Å². The Morgan fingerprint density at radius 2 is 2.64 bits per heavy atom. The lowest BCUT2D eigenvalue weighted by molar-refractivity contribution is -0.141. The number of amides is 1. The van der Waals surface area contributed by atoms with Gasteiger partial charge in [-0.3, -0.25) is 4.79 Å². The van der Waals surface area contributed by atoms with Crippen molar-refractivity contribution in [2.75, 3.05) is 13.2 Å². The first-order chi connectivity index (χ1) is 5.18. The van der Waals surface area contributed by atoms with Gasteiger partial charge in [-0.05, 0) is 0 Å². The average Bonchev–Trinajstić information content (AvgIpc) is 2.31. The van der Waals surface area contributed by atoms with Crippen LogP contribution < -0.4 is 5.32 Å². The average molecular weight is 159 g/mol. The highest BCUT2D eigenvalue weighted by atomic mass is 16.6. The number of hydrogen-bond acceptors (Lipinski definition) is 4. The topological polar surface area (TPSA) is 64.6 Å². The van der Waals surface area contributed by atoms with Crippen LogP contribution >= 0.6 is 0 Å². The molecule has 0 spiro atoms. The van der Waals surface area contributed by atoms with Gasteiger partial charge >= 0.3 is 12.1 Å². The van der Waals surface area contributed by atoms with E-state index in [0.717, 1.165) is 0 Å². The van der Waals surface area contributed by atoms with Gasteiger partial charge in [0, 0.05) is 6.92 Å². The normalized spacial score (nSPS) is 22.3. The number of ether oxygens (including phenoxy) is 2. The summed E-state index contributed by atoms with van der Waals surface area (Å²) >= 11 is 0. The van der Waals surface area contributed by atoms with Gasteiger partial charge in [0.25, 0.3) is 0 Å². The van der Waals surface area contributed by atoms with Crippen molar-refractivity contribution in [2.24, 2.45) is 0 Å². The summed E-state index contributed by atoms with van der Waals surface area (Å²) in [7, 11) is 0. The number of carbonyl (C=O) groups excluding carboxylic acids is 2. The zero-order chi connectivity index (χ0) is 8.27. The molecule has 0 aromatic heterocycles. The van der Waals surface area contributed by atoms with Crippen molar-refractivity contribution in [2.45, 2.75) is 13.0 Å². The molecule has 1 amide bonds. The highest BCUT2D eigenvalue weighted by Crippen LogP contribution is 1.97. The molecule has 1 aliphatic heterocycles. The van der Waals surface area contributed by atoms with Crippen LogP contribution in [0.25, 0.3) is 0 Å². The van der Waals surface area contributed by atoms with Crippen LogP contribution in [0.3, 0.4) is 0 Å². The fourth-order valence-corrected chi connectivity index (χ4v) is 0.734. The molecule has 1 atom stereocenters. The molecule has 1 saturated heterocycles. The van der Waals surface area contributed by atoms with Crippen molar-refractivity contribution >= 4 is 12.1 Å². The highest BCUT2D eigenvalue weighted by Gasteiger charge is 2.22. The zero-order valence-electron chi connectivity index (χ0n) is 6.12. The number of alkyl carbamates (subject to hydrolysis) is 1. The molecular formula is C6H9NO4. The molecule has 0 bridgehead atoms. The van der Waals surface area contributed by atoms with Crippen LogP contribution in [0.4, 0.5) is 4.79 Å². The number of nitrogens with one attached hydrogen (secondary N) is 1. The third-order valence-corrected chi connectivity index (χ3v) is 1.23. The smallest absolute Gasteiger partial charge is 0.407 e. The summed E-state index contributed by atoms with van der Waals surface area (Å²) in [5, 5.41) is 2.47. The van der Waals surface area contributed by atoms with E-state index in [2.05, 4.69) is 14.8 Å². The van der Waals surface area contributed by atoms with Crippen molar-refractivity contribution in [3.05, 3.63) is 0 Å². The first-order valence-electron chi connectivity index (χ1n) is 3.25. The number of esters is 1. The minimum absolute atomic E-state index is 0.182. The Hall–Kier alpha value is -1.26. The molecule has 0 aromatic rings. The first kappa shape index (κ1) is 7.84. The van der Waals surface area contributed by atoms with Crippen LogP contribution in [-0.2, 0) is 14.3 Å². The fraction of sp³-hybridized carbons (Fsp3) is 0.667. The van der Waals surface area contributed by atoms with Crippen LogP contribution in [0.15, 0.2) is 0 Å². The van der Waals surface area contributed by atoms with Gasteiger partial charge in [-0.25, -0.2) is 4.79 Å². The zero-order valence-corrected chi connectivity index (χ0v) is 6.12. The molecule has 0 radical (unpaired) electrons. The van der Waals surface area contributed by atoms with E-state index in [9.17, 15) is 9.59 Å². The largest absolute Gasteiger partial charge is 0.464 e. The quantitative estimate of drug-likeness (QED) is 0.560. The van der Waals surface area contributed by atoms with E-state index in [4.69, 9.17) is 0 Å². The molecule has 0 aromatic carbocycles. The summed E-state index contributed by atoms with van der Waals surface area (Å²) in [6.45, 7) is 1.77. The van der Waals surface area contributed by atoms with Crippen LogP contribution in [0.1, 0.15) is 6.92 Å². The molecule has 62 valence electrons. The van der Waals surface area contributed by atoms with E-state index >= 15 is 0 Å². The second-order valence-corrected chi connectivity index (χ2v) is 2.24. The second-order valence-electron chi connectivity index (χ2n) is 2.24. The molecule has 1 rings (SSSR count). The minimum Gasteiger partial charge on any atom is -0.464 e. The molecule has 0 unspecified atom stereocenters. The second kappa shape index (κ2) is 3.23. The maximum absolute atomic E-state index is 10.4. The van der Waals surface area contributed by atoms with Gasteiger partial charge in [0.05, 0.1) is 0 Å².